The Balaban J connectivity index is 2.09. The highest BCUT2D eigenvalue weighted by molar-refractivity contribution is 6.26. The lowest BCUT2D eigenvalue weighted by Gasteiger charge is -2.25. The summed E-state index contributed by atoms with van der Waals surface area (Å²) in [4.78, 5) is 52.5. The van der Waals surface area contributed by atoms with Gasteiger partial charge in [-0.2, -0.15) is 0 Å². The molecule has 2 amide bonds. The Labute approximate surface area is 139 Å². The van der Waals surface area contributed by atoms with E-state index >= 15 is 0 Å². The Kier molecular flexibility index (Phi) is 3.70. The molecule has 0 aromatic carbocycles. The minimum atomic E-state index is -0.438. The molecule has 3 rings (SSSR count). The lowest BCUT2D eigenvalue weighted by molar-refractivity contribution is -0.123. The first-order valence-corrected chi connectivity index (χ1v) is 7.88. The van der Waals surface area contributed by atoms with E-state index in [1.54, 1.807) is 9.80 Å². The Morgan fingerprint density at radius 3 is 1.33 bits per heavy atom. The van der Waals surface area contributed by atoms with Gasteiger partial charge in [0.25, 0.3) is 0 Å². The van der Waals surface area contributed by atoms with Gasteiger partial charge >= 0.3 is 0 Å². The molecule has 2 heterocycles. The molecule has 0 aromatic rings. The van der Waals surface area contributed by atoms with Crippen molar-refractivity contribution in [1.82, 2.24) is 20.4 Å². The number of nitrogens with zero attached hydrogens (tertiary/aromatic N) is 2. The lowest BCUT2D eigenvalue weighted by Crippen LogP contribution is -2.42. The van der Waals surface area contributed by atoms with Crippen molar-refractivity contribution in [2.45, 2.75) is 39.8 Å². The molecular formula is C16H20N4O4. The van der Waals surface area contributed by atoms with Crippen molar-refractivity contribution in [2.75, 3.05) is 13.1 Å². The number of rotatable bonds is 4. The second-order valence-corrected chi connectivity index (χ2v) is 6.47. The average Bonchev–Trinajstić information content (AvgIpc) is 3.35. The summed E-state index contributed by atoms with van der Waals surface area (Å²) in [5, 5.41) is 5.02. The summed E-state index contributed by atoms with van der Waals surface area (Å²) in [6.07, 6.45) is 0. The number of carbonyl (C=O) groups excluding carboxylic acids is 4. The highest BCUT2D eigenvalue weighted by Crippen LogP contribution is 2.36. The zero-order valence-corrected chi connectivity index (χ0v) is 14.1. The van der Waals surface area contributed by atoms with E-state index in [1.165, 1.54) is 13.8 Å². The van der Waals surface area contributed by atoms with E-state index in [-0.39, 0.29) is 34.9 Å². The van der Waals surface area contributed by atoms with Crippen LogP contribution < -0.4 is 10.6 Å². The largest absolute Gasteiger partial charge is 0.360 e. The minimum absolute atomic E-state index is 0.0000482. The average molecular weight is 332 g/mol. The third-order valence-electron chi connectivity index (χ3n) is 4.25. The number of nitrogens with one attached hydrogen (secondary N) is 2. The predicted molar refractivity (Wildman–Crippen MR) is 84.0 cm³/mol. The standard InChI is InChI=1S/C16H20N4O4/c1-7-5-19(7)13-11(17-9(3)21)16(24)14(20-6-8(20)2)12(15(13)23)18-10(4)22/h7-8H,5-6H2,1-4H3,(H,17,21)(H,18,22). The minimum Gasteiger partial charge on any atom is -0.360 e. The van der Waals surface area contributed by atoms with Crippen LogP contribution in [0.25, 0.3) is 0 Å². The summed E-state index contributed by atoms with van der Waals surface area (Å²) >= 11 is 0. The molecule has 0 aromatic heterocycles. The van der Waals surface area contributed by atoms with Crippen LogP contribution in [-0.2, 0) is 19.2 Å². The molecule has 1 aliphatic carbocycles. The van der Waals surface area contributed by atoms with Crippen molar-refractivity contribution in [3.63, 3.8) is 0 Å². The molecule has 0 saturated carbocycles. The number of carbonyl (C=O) groups is 4. The van der Waals surface area contributed by atoms with E-state index < -0.39 is 23.4 Å². The summed E-state index contributed by atoms with van der Waals surface area (Å²) in [7, 11) is 0. The van der Waals surface area contributed by atoms with Crippen molar-refractivity contribution >= 4 is 23.4 Å². The van der Waals surface area contributed by atoms with Crippen molar-refractivity contribution in [3.05, 3.63) is 22.8 Å². The summed E-state index contributed by atoms with van der Waals surface area (Å²) in [6.45, 7) is 7.67. The molecule has 0 spiro atoms. The summed E-state index contributed by atoms with van der Waals surface area (Å²) in [5.41, 5.74) is 0.314. The van der Waals surface area contributed by atoms with Crippen molar-refractivity contribution in [3.8, 4) is 0 Å². The summed E-state index contributed by atoms with van der Waals surface area (Å²) in [5.74, 6) is -1.71. The van der Waals surface area contributed by atoms with Gasteiger partial charge in [-0.25, -0.2) is 0 Å². The molecule has 3 aliphatic rings. The first-order chi connectivity index (χ1) is 11.2. The lowest BCUT2D eigenvalue weighted by atomic mass is 9.98. The third-order valence-corrected chi connectivity index (χ3v) is 4.25. The molecule has 2 fully saturated rings. The second-order valence-electron chi connectivity index (χ2n) is 6.47. The van der Waals surface area contributed by atoms with Crippen LogP contribution in [0.5, 0.6) is 0 Å². The van der Waals surface area contributed by atoms with E-state index in [0.29, 0.717) is 13.1 Å². The fraction of sp³-hybridized carbons (Fsp3) is 0.500. The molecule has 0 bridgehead atoms. The smallest absolute Gasteiger partial charge is 0.229 e. The maximum Gasteiger partial charge on any atom is 0.229 e. The van der Waals surface area contributed by atoms with Crippen molar-refractivity contribution in [2.24, 2.45) is 0 Å². The van der Waals surface area contributed by atoms with Crippen LogP contribution in [0.15, 0.2) is 22.8 Å². The maximum atomic E-state index is 13.0. The first kappa shape index (κ1) is 16.2. The number of ketones is 2. The van der Waals surface area contributed by atoms with Crippen LogP contribution in [0.1, 0.15) is 27.7 Å². The van der Waals surface area contributed by atoms with Gasteiger partial charge in [0.05, 0.1) is 0 Å². The van der Waals surface area contributed by atoms with Crippen LogP contribution in [0, 0.1) is 0 Å². The van der Waals surface area contributed by atoms with E-state index in [9.17, 15) is 19.2 Å². The second kappa shape index (κ2) is 5.47. The normalized spacial score (nSPS) is 26.0. The fourth-order valence-corrected chi connectivity index (χ4v) is 2.91. The highest BCUT2D eigenvalue weighted by atomic mass is 16.2. The molecule has 2 N–H and O–H groups in total. The molecule has 8 nitrogen and oxygen atoms in total. The van der Waals surface area contributed by atoms with Crippen LogP contribution in [0.4, 0.5) is 0 Å². The summed E-state index contributed by atoms with van der Waals surface area (Å²) in [6, 6.07) is 0.224. The number of amides is 2. The van der Waals surface area contributed by atoms with E-state index in [1.807, 2.05) is 13.8 Å². The molecule has 8 heteroatoms. The molecular weight excluding hydrogens is 312 g/mol. The molecule has 2 saturated heterocycles. The van der Waals surface area contributed by atoms with Gasteiger partial charge in [0, 0.05) is 39.0 Å². The van der Waals surface area contributed by atoms with E-state index in [0.717, 1.165) is 0 Å². The van der Waals surface area contributed by atoms with Gasteiger partial charge in [0.15, 0.2) is 0 Å². The van der Waals surface area contributed by atoms with E-state index in [4.69, 9.17) is 0 Å². The van der Waals surface area contributed by atoms with Crippen molar-refractivity contribution < 1.29 is 19.2 Å². The Morgan fingerprint density at radius 1 is 0.833 bits per heavy atom. The fourth-order valence-electron chi connectivity index (χ4n) is 2.91. The predicted octanol–water partition coefficient (Wildman–Crippen LogP) is -0.758. The molecule has 0 radical (unpaired) electrons. The molecule has 24 heavy (non-hydrogen) atoms. The van der Waals surface area contributed by atoms with E-state index in [2.05, 4.69) is 10.6 Å². The van der Waals surface area contributed by atoms with Gasteiger partial charge in [-0.05, 0) is 13.8 Å². The van der Waals surface area contributed by atoms with Crippen LogP contribution >= 0.6 is 0 Å². The van der Waals surface area contributed by atoms with Gasteiger partial charge in [0.2, 0.25) is 23.4 Å². The Bertz CT molecular complexity index is 674. The summed E-state index contributed by atoms with van der Waals surface area (Å²) < 4.78 is 0. The number of hydrogen-bond donors (Lipinski definition) is 2. The SMILES string of the molecule is CC(=O)NC1=C(N2CC2C)C(=O)C(NC(C)=O)=C(N2CC2C)C1=O. The van der Waals surface area contributed by atoms with Crippen LogP contribution in [-0.4, -0.2) is 58.4 Å². The topological polar surface area (TPSA) is 98.4 Å². The molecule has 128 valence electrons. The van der Waals surface area contributed by atoms with Crippen molar-refractivity contribution in [1.29, 1.82) is 0 Å². The van der Waals surface area contributed by atoms with Gasteiger partial charge in [-0.15, -0.1) is 0 Å². The monoisotopic (exact) mass is 332 g/mol. The zero-order chi connectivity index (χ0) is 17.8. The van der Waals surface area contributed by atoms with Gasteiger partial charge < -0.3 is 20.4 Å². The quantitative estimate of drug-likeness (QED) is 0.519. The van der Waals surface area contributed by atoms with Gasteiger partial charge in [0.1, 0.15) is 22.8 Å². The van der Waals surface area contributed by atoms with Crippen LogP contribution in [0.3, 0.4) is 0 Å². The molecule has 2 atom stereocenters. The maximum absolute atomic E-state index is 13.0. The number of hydrogen-bond acceptors (Lipinski definition) is 6. The highest BCUT2D eigenvalue weighted by Gasteiger charge is 2.48. The zero-order valence-electron chi connectivity index (χ0n) is 14.1. The molecule has 2 aliphatic heterocycles. The first-order valence-electron chi connectivity index (χ1n) is 7.88. The van der Waals surface area contributed by atoms with Gasteiger partial charge in [-0.1, -0.05) is 0 Å². The Hall–Kier alpha value is -2.64. The number of Topliss-reactive ketones (excluding diaryl/α,β-unsaturated/α-hetero) is 2. The molecule has 2 unspecified atom stereocenters. The van der Waals surface area contributed by atoms with Gasteiger partial charge in [-0.3, -0.25) is 19.2 Å². The third kappa shape index (κ3) is 2.68. The van der Waals surface area contributed by atoms with Crippen LogP contribution in [0.2, 0.25) is 0 Å². The Morgan fingerprint density at radius 2 is 1.12 bits per heavy atom.